The van der Waals surface area contributed by atoms with Gasteiger partial charge >= 0.3 is 0 Å². The molecule has 17 heavy (non-hydrogen) atoms. The number of furan rings is 1. The first-order valence-corrected chi connectivity index (χ1v) is 7.76. The van der Waals surface area contributed by atoms with Crippen molar-refractivity contribution in [2.24, 2.45) is 0 Å². The highest BCUT2D eigenvalue weighted by atomic mass is 79.9. The normalized spacial score (nSPS) is 12.9. The van der Waals surface area contributed by atoms with Crippen LogP contribution in [-0.4, -0.2) is 6.54 Å². The molecule has 2 rings (SSSR count). The molecule has 0 bridgehead atoms. The molecule has 2 heterocycles. The largest absolute Gasteiger partial charge is 0.464 e. The molecule has 0 aliphatic heterocycles. The van der Waals surface area contributed by atoms with Crippen LogP contribution in [0, 0.1) is 6.92 Å². The number of aryl methyl sites for hydroxylation is 1. The molecule has 1 unspecified atom stereocenters. The van der Waals surface area contributed by atoms with E-state index >= 15 is 0 Å². The third kappa shape index (κ3) is 3.02. The lowest BCUT2D eigenvalue weighted by atomic mass is 10.2. The molecule has 5 heteroatoms. The van der Waals surface area contributed by atoms with Gasteiger partial charge in [-0.1, -0.05) is 6.92 Å². The standard InChI is InChI=1S/C12H13Br2NOS/c1-3-15-11(9-5-4-7(2)16-9)10-6-8(13)12(14)17-10/h4-6,11,15H,3H2,1-2H3. The predicted octanol–water partition coefficient (Wildman–Crippen LogP) is 4.87. The van der Waals surface area contributed by atoms with Gasteiger partial charge in [-0.3, -0.25) is 0 Å². The van der Waals surface area contributed by atoms with Crippen molar-refractivity contribution in [3.8, 4) is 0 Å². The lowest BCUT2D eigenvalue weighted by Gasteiger charge is -2.13. The summed E-state index contributed by atoms with van der Waals surface area (Å²) in [5.41, 5.74) is 0. The molecule has 2 aromatic heterocycles. The number of hydrogen-bond acceptors (Lipinski definition) is 3. The van der Waals surface area contributed by atoms with Crippen LogP contribution in [0.25, 0.3) is 0 Å². The van der Waals surface area contributed by atoms with Gasteiger partial charge in [0, 0.05) is 9.35 Å². The maximum absolute atomic E-state index is 5.72. The van der Waals surface area contributed by atoms with Gasteiger partial charge in [0.15, 0.2) is 0 Å². The molecule has 1 N–H and O–H groups in total. The second kappa shape index (κ2) is 5.69. The fourth-order valence-corrected chi connectivity index (χ4v) is 3.83. The Bertz CT molecular complexity index is 487. The maximum Gasteiger partial charge on any atom is 0.126 e. The highest BCUT2D eigenvalue weighted by Crippen LogP contribution is 2.37. The minimum atomic E-state index is 0.126. The highest BCUT2D eigenvalue weighted by molar-refractivity contribution is 9.13. The van der Waals surface area contributed by atoms with E-state index in [1.807, 2.05) is 19.1 Å². The zero-order chi connectivity index (χ0) is 12.4. The van der Waals surface area contributed by atoms with E-state index in [9.17, 15) is 0 Å². The minimum absolute atomic E-state index is 0.126. The zero-order valence-electron chi connectivity index (χ0n) is 9.59. The van der Waals surface area contributed by atoms with Gasteiger partial charge in [-0.25, -0.2) is 0 Å². The molecule has 0 aliphatic carbocycles. The molecular weight excluding hydrogens is 366 g/mol. The van der Waals surface area contributed by atoms with Gasteiger partial charge in [0.1, 0.15) is 17.6 Å². The second-order valence-corrected chi connectivity index (χ2v) is 6.97. The first-order valence-electron chi connectivity index (χ1n) is 5.36. The lowest BCUT2D eigenvalue weighted by molar-refractivity contribution is 0.437. The number of nitrogens with one attached hydrogen (secondary N) is 1. The minimum Gasteiger partial charge on any atom is -0.464 e. The molecule has 2 aromatic rings. The molecule has 92 valence electrons. The number of thiophene rings is 1. The van der Waals surface area contributed by atoms with Crippen molar-refractivity contribution in [3.63, 3.8) is 0 Å². The zero-order valence-corrected chi connectivity index (χ0v) is 13.6. The van der Waals surface area contributed by atoms with Crippen molar-refractivity contribution in [2.45, 2.75) is 19.9 Å². The van der Waals surface area contributed by atoms with Gasteiger partial charge in [-0.05, 0) is 63.5 Å². The van der Waals surface area contributed by atoms with Gasteiger partial charge in [0.2, 0.25) is 0 Å². The van der Waals surface area contributed by atoms with Crippen molar-refractivity contribution < 1.29 is 4.42 Å². The number of halogens is 2. The summed E-state index contributed by atoms with van der Waals surface area (Å²) in [4.78, 5) is 1.24. The quantitative estimate of drug-likeness (QED) is 0.820. The molecule has 0 fully saturated rings. The summed E-state index contributed by atoms with van der Waals surface area (Å²) in [6.45, 7) is 4.96. The van der Waals surface area contributed by atoms with Gasteiger partial charge < -0.3 is 9.73 Å². The summed E-state index contributed by atoms with van der Waals surface area (Å²) >= 11 is 8.76. The smallest absolute Gasteiger partial charge is 0.126 e. The van der Waals surface area contributed by atoms with Gasteiger partial charge in [0.25, 0.3) is 0 Å². The first-order chi connectivity index (χ1) is 8.11. The van der Waals surface area contributed by atoms with Crippen LogP contribution in [0.4, 0.5) is 0 Å². The first kappa shape index (κ1) is 13.3. The van der Waals surface area contributed by atoms with E-state index in [0.717, 1.165) is 26.3 Å². The average molecular weight is 379 g/mol. The lowest BCUT2D eigenvalue weighted by Crippen LogP contribution is -2.20. The Balaban J connectivity index is 2.34. The third-order valence-corrected chi connectivity index (χ3v) is 5.72. The van der Waals surface area contributed by atoms with E-state index in [4.69, 9.17) is 4.42 Å². The van der Waals surface area contributed by atoms with Gasteiger partial charge in [-0.15, -0.1) is 11.3 Å². The summed E-state index contributed by atoms with van der Waals surface area (Å²) in [5.74, 6) is 1.91. The van der Waals surface area contributed by atoms with Crippen molar-refractivity contribution in [1.82, 2.24) is 5.32 Å². The Kier molecular flexibility index (Phi) is 4.47. The van der Waals surface area contributed by atoms with Crippen LogP contribution in [0.3, 0.4) is 0 Å². The monoisotopic (exact) mass is 377 g/mol. The highest BCUT2D eigenvalue weighted by Gasteiger charge is 2.19. The Morgan fingerprint density at radius 2 is 2.18 bits per heavy atom. The Labute approximate surface area is 122 Å². The van der Waals surface area contributed by atoms with Gasteiger partial charge in [0.05, 0.1) is 3.79 Å². The van der Waals surface area contributed by atoms with Crippen molar-refractivity contribution in [1.29, 1.82) is 0 Å². The van der Waals surface area contributed by atoms with Crippen LogP contribution in [0.15, 0.2) is 30.9 Å². The third-order valence-electron chi connectivity index (χ3n) is 2.40. The molecule has 0 spiro atoms. The summed E-state index contributed by atoms with van der Waals surface area (Å²) in [7, 11) is 0. The van der Waals surface area contributed by atoms with E-state index < -0.39 is 0 Å². The maximum atomic E-state index is 5.72. The van der Waals surface area contributed by atoms with Crippen molar-refractivity contribution >= 4 is 43.2 Å². The molecular formula is C12H13Br2NOS. The number of rotatable bonds is 4. The Morgan fingerprint density at radius 3 is 2.65 bits per heavy atom. The molecule has 0 saturated heterocycles. The van der Waals surface area contributed by atoms with E-state index in [1.165, 1.54) is 4.88 Å². The second-order valence-electron chi connectivity index (χ2n) is 3.71. The van der Waals surface area contributed by atoms with Gasteiger partial charge in [-0.2, -0.15) is 0 Å². The van der Waals surface area contributed by atoms with Crippen molar-refractivity contribution in [2.75, 3.05) is 6.54 Å². The van der Waals surface area contributed by atoms with Crippen molar-refractivity contribution in [3.05, 3.63) is 42.9 Å². The molecule has 0 aromatic carbocycles. The number of hydrogen-bond donors (Lipinski definition) is 1. The fourth-order valence-electron chi connectivity index (χ4n) is 1.66. The molecule has 1 atom stereocenters. The van der Waals surface area contributed by atoms with Crippen LogP contribution in [0.1, 0.15) is 29.4 Å². The Morgan fingerprint density at radius 1 is 1.41 bits per heavy atom. The topological polar surface area (TPSA) is 25.2 Å². The van der Waals surface area contributed by atoms with Crippen LogP contribution >= 0.6 is 43.2 Å². The fraction of sp³-hybridized carbons (Fsp3) is 0.333. The summed E-state index contributed by atoms with van der Waals surface area (Å²) in [6, 6.07) is 6.28. The molecule has 0 aliphatic rings. The van der Waals surface area contributed by atoms with Crippen LogP contribution < -0.4 is 5.32 Å². The Hall–Kier alpha value is -0.1000. The molecule has 0 saturated carbocycles. The van der Waals surface area contributed by atoms with E-state index in [0.29, 0.717) is 0 Å². The van der Waals surface area contributed by atoms with E-state index in [1.54, 1.807) is 11.3 Å². The summed E-state index contributed by atoms with van der Waals surface area (Å²) in [6.07, 6.45) is 0. The summed E-state index contributed by atoms with van der Waals surface area (Å²) in [5, 5.41) is 3.44. The van der Waals surface area contributed by atoms with E-state index in [-0.39, 0.29) is 6.04 Å². The molecule has 0 radical (unpaired) electrons. The van der Waals surface area contributed by atoms with Crippen LogP contribution in [-0.2, 0) is 0 Å². The molecule has 0 amide bonds. The van der Waals surface area contributed by atoms with Crippen LogP contribution in [0.5, 0.6) is 0 Å². The predicted molar refractivity (Wildman–Crippen MR) is 78.7 cm³/mol. The SMILES string of the molecule is CCNC(c1ccc(C)o1)c1cc(Br)c(Br)s1. The van der Waals surface area contributed by atoms with E-state index in [2.05, 4.69) is 50.2 Å². The average Bonchev–Trinajstić information content (AvgIpc) is 2.83. The van der Waals surface area contributed by atoms with Crippen LogP contribution in [0.2, 0.25) is 0 Å². The molecule has 2 nitrogen and oxygen atoms in total. The summed E-state index contributed by atoms with van der Waals surface area (Å²) < 4.78 is 7.91.